The molecule has 6 N–H and O–H groups in total. The van der Waals surface area contributed by atoms with E-state index in [0.717, 1.165) is 18.4 Å². The van der Waals surface area contributed by atoms with E-state index in [1.807, 2.05) is 13.0 Å². The Balaban J connectivity index is 1.88. The summed E-state index contributed by atoms with van der Waals surface area (Å²) >= 11 is 0. The summed E-state index contributed by atoms with van der Waals surface area (Å²) in [7, 11) is 0. The van der Waals surface area contributed by atoms with Gasteiger partial charge in [0.05, 0.1) is 17.6 Å². The lowest BCUT2D eigenvalue weighted by molar-refractivity contribution is 0.0687. The number of carbonyl (C=O) groups excluding carboxylic acids is 1. The van der Waals surface area contributed by atoms with Gasteiger partial charge in [0.15, 0.2) is 17.3 Å². The van der Waals surface area contributed by atoms with Crippen LogP contribution in [0.4, 0.5) is 0 Å². The lowest BCUT2D eigenvalue weighted by Gasteiger charge is -2.29. The van der Waals surface area contributed by atoms with Gasteiger partial charge >= 0.3 is 0 Å². The highest BCUT2D eigenvalue weighted by molar-refractivity contribution is 6.03. The number of fused-ring (bicyclic) bond motifs is 1. The van der Waals surface area contributed by atoms with Crippen LogP contribution in [-0.4, -0.2) is 47.6 Å². The minimum Gasteiger partial charge on any atom is -0.507 e. The second kappa shape index (κ2) is 11.3. The zero-order chi connectivity index (χ0) is 28.4. The van der Waals surface area contributed by atoms with Crippen LogP contribution >= 0.6 is 0 Å². The third-order valence-corrected chi connectivity index (χ3v) is 6.91. The van der Waals surface area contributed by atoms with Gasteiger partial charge in [0, 0.05) is 22.8 Å². The average Bonchev–Trinajstić information content (AvgIpc) is 2.77. The number of aliphatic hydroxyl groups is 2. The maximum Gasteiger partial charge on any atom is 0.174 e. The van der Waals surface area contributed by atoms with Gasteiger partial charge in [0.2, 0.25) is 0 Å². The van der Waals surface area contributed by atoms with E-state index in [2.05, 4.69) is 0 Å². The number of carbonyl (C=O) groups is 1. The summed E-state index contributed by atoms with van der Waals surface area (Å²) in [5, 5.41) is 62.1. The lowest BCUT2D eigenvalue weighted by Crippen LogP contribution is -2.22. The molecule has 3 rings (SSSR count). The highest BCUT2D eigenvalue weighted by atomic mass is 16.5. The third-order valence-electron chi connectivity index (χ3n) is 6.91. The SMILES string of the molecule is C/C(=C\Cc1c([C@@H]2CC(=O)c3c(cc(O)c(CCC(C)(C)O)c3O)O2)ccc(O)c1O)CCCC(C)(C)O. The molecule has 0 unspecified atom stereocenters. The lowest BCUT2D eigenvalue weighted by atomic mass is 9.89. The molecule has 208 valence electrons. The van der Waals surface area contributed by atoms with Crippen molar-refractivity contribution < 1.29 is 40.2 Å². The van der Waals surface area contributed by atoms with Crippen molar-refractivity contribution >= 4 is 5.78 Å². The molecule has 1 heterocycles. The summed E-state index contributed by atoms with van der Waals surface area (Å²) < 4.78 is 6.06. The van der Waals surface area contributed by atoms with E-state index >= 15 is 0 Å². The summed E-state index contributed by atoms with van der Waals surface area (Å²) in [4.78, 5) is 13.2. The van der Waals surface area contributed by atoms with Crippen LogP contribution in [0.5, 0.6) is 28.7 Å². The van der Waals surface area contributed by atoms with Gasteiger partial charge in [-0.2, -0.15) is 0 Å². The molecule has 1 atom stereocenters. The Morgan fingerprint density at radius 1 is 0.974 bits per heavy atom. The molecule has 0 aliphatic carbocycles. The minimum atomic E-state index is -1.01. The van der Waals surface area contributed by atoms with Crippen LogP contribution in [-0.2, 0) is 12.8 Å². The number of ketones is 1. The van der Waals surface area contributed by atoms with Gasteiger partial charge < -0.3 is 35.4 Å². The minimum absolute atomic E-state index is 0.0168. The maximum absolute atomic E-state index is 13.2. The first-order valence-electron chi connectivity index (χ1n) is 13.0. The highest BCUT2D eigenvalue weighted by Crippen LogP contribution is 2.47. The fourth-order valence-electron chi connectivity index (χ4n) is 4.68. The van der Waals surface area contributed by atoms with Gasteiger partial charge in [-0.25, -0.2) is 0 Å². The topological polar surface area (TPSA) is 148 Å². The Morgan fingerprint density at radius 3 is 2.26 bits per heavy atom. The molecule has 8 nitrogen and oxygen atoms in total. The van der Waals surface area contributed by atoms with Gasteiger partial charge in [-0.15, -0.1) is 0 Å². The van der Waals surface area contributed by atoms with Crippen molar-refractivity contribution in [1.82, 2.24) is 0 Å². The molecule has 0 saturated heterocycles. The Hall–Kier alpha value is -3.23. The van der Waals surface area contributed by atoms with E-state index in [0.29, 0.717) is 17.5 Å². The molecule has 0 radical (unpaired) electrons. The van der Waals surface area contributed by atoms with Crippen LogP contribution in [0.1, 0.15) is 99.9 Å². The molecule has 0 amide bonds. The van der Waals surface area contributed by atoms with Crippen molar-refractivity contribution in [2.24, 2.45) is 0 Å². The summed E-state index contributed by atoms with van der Waals surface area (Å²) in [6, 6.07) is 4.24. The monoisotopic (exact) mass is 528 g/mol. The van der Waals surface area contributed by atoms with E-state index in [1.165, 1.54) is 12.1 Å². The van der Waals surface area contributed by atoms with E-state index in [1.54, 1.807) is 33.8 Å². The van der Waals surface area contributed by atoms with Crippen molar-refractivity contribution in [3.63, 3.8) is 0 Å². The van der Waals surface area contributed by atoms with E-state index in [-0.39, 0.29) is 71.3 Å². The zero-order valence-electron chi connectivity index (χ0n) is 22.8. The number of allylic oxidation sites excluding steroid dienone is 2. The first-order chi connectivity index (χ1) is 17.6. The average molecular weight is 529 g/mol. The van der Waals surface area contributed by atoms with Gasteiger partial charge in [-0.3, -0.25) is 4.79 Å². The van der Waals surface area contributed by atoms with E-state index in [9.17, 15) is 35.4 Å². The smallest absolute Gasteiger partial charge is 0.174 e. The fourth-order valence-corrected chi connectivity index (χ4v) is 4.68. The molecular weight excluding hydrogens is 488 g/mol. The number of benzene rings is 2. The van der Waals surface area contributed by atoms with Crippen molar-refractivity contribution in [2.45, 2.75) is 96.9 Å². The highest BCUT2D eigenvalue weighted by Gasteiger charge is 2.34. The molecule has 0 bridgehead atoms. The van der Waals surface area contributed by atoms with Crippen LogP contribution in [0, 0.1) is 0 Å². The standard InChI is InChI=1S/C30H40O8/c1-17(7-6-13-29(2,3)36)8-9-19-18(10-11-21(31)27(19)34)24-16-23(33)26-25(38-24)15-22(32)20(28(26)35)12-14-30(4,5)37/h8,10-11,15,24,31-32,34-37H,6-7,9,12-14,16H2,1-5H3/b17-8+/t24-/m0/s1. The van der Waals surface area contributed by atoms with Crippen LogP contribution in [0.2, 0.25) is 0 Å². The fraction of sp³-hybridized carbons (Fsp3) is 0.500. The molecule has 8 heteroatoms. The normalized spacial score (nSPS) is 16.3. The first-order valence-corrected chi connectivity index (χ1v) is 13.0. The van der Waals surface area contributed by atoms with E-state index < -0.39 is 17.3 Å². The number of hydrogen-bond acceptors (Lipinski definition) is 8. The summed E-state index contributed by atoms with van der Waals surface area (Å²) in [5.74, 6) is -1.52. The number of Topliss-reactive ketones (excluding diaryl/α,β-unsaturated/α-hetero) is 1. The van der Waals surface area contributed by atoms with Crippen molar-refractivity contribution in [1.29, 1.82) is 0 Å². The predicted molar refractivity (Wildman–Crippen MR) is 144 cm³/mol. The Bertz CT molecular complexity index is 1210. The summed E-state index contributed by atoms with van der Waals surface area (Å²) in [5.41, 5.74) is 0.402. The van der Waals surface area contributed by atoms with Crippen LogP contribution in [0.15, 0.2) is 29.8 Å². The predicted octanol–water partition coefficient (Wildman–Crippen LogP) is 5.35. The zero-order valence-corrected chi connectivity index (χ0v) is 22.8. The molecule has 38 heavy (non-hydrogen) atoms. The van der Waals surface area contributed by atoms with Crippen LogP contribution in [0.3, 0.4) is 0 Å². The molecule has 1 aliphatic rings. The molecular formula is C30H40O8. The Morgan fingerprint density at radius 2 is 1.63 bits per heavy atom. The molecule has 0 spiro atoms. The first kappa shape index (κ1) is 29.3. The van der Waals surface area contributed by atoms with Gasteiger partial charge in [0.25, 0.3) is 0 Å². The molecule has 0 fully saturated rings. The molecule has 0 saturated carbocycles. The van der Waals surface area contributed by atoms with Gasteiger partial charge in [0.1, 0.15) is 28.9 Å². The number of phenolic OH excluding ortho intramolecular Hbond substituents is 4. The quantitative estimate of drug-likeness (QED) is 0.179. The Kier molecular flexibility index (Phi) is 8.68. The number of hydrogen-bond donors (Lipinski definition) is 6. The number of rotatable bonds is 10. The number of ether oxygens (including phenoxy) is 1. The van der Waals surface area contributed by atoms with Gasteiger partial charge in [-0.1, -0.05) is 17.7 Å². The van der Waals surface area contributed by atoms with Crippen molar-refractivity contribution in [2.75, 3.05) is 0 Å². The number of aromatic hydroxyl groups is 4. The second-order valence-electron chi connectivity index (χ2n) is 11.6. The van der Waals surface area contributed by atoms with Crippen LogP contribution in [0.25, 0.3) is 0 Å². The summed E-state index contributed by atoms with van der Waals surface area (Å²) in [6.45, 7) is 8.73. The summed E-state index contributed by atoms with van der Waals surface area (Å²) in [6.07, 6.45) is 3.96. The van der Waals surface area contributed by atoms with Crippen LogP contribution < -0.4 is 4.74 Å². The second-order valence-corrected chi connectivity index (χ2v) is 11.6. The van der Waals surface area contributed by atoms with Gasteiger partial charge in [-0.05, 0) is 79.2 Å². The Labute approximate surface area is 223 Å². The maximum atomic E-state index is 13.2. The number of phenols is 4. The molecule has 2 aromatic carbocycles. The van der Waals surface area contributed by atoms with E-state index in [4.69, 9.17) is 4.74 Å². The molecule has 2 aromatic rings. The van der Waals surface area contributed by atoms with Crippen molar-refractivity contribution in [3.8, 4) is 28.7 Å². The largest absolute Gasteiger partial charge is 0.507 e. The molecule has 0 aromatic heterocycles. The molecule has 1 aliphatic heterocycles. The third kappa shape index (κ3) is 7.20. The van der Waals surface area contributed by atoms with Crippen molar-refractivity contribution in [3.05, 3.63) is 52.1 Å².